The van der Waals surface area contributed by atoms with Crippen molar-refractivity contribution in [1.29, 1.82) is 0 Å². The van der Waals surface area contributed by atoms with E-state index in [-0.39, 0.29) is 18.4 Å². The van der Waals surface area contributed by atoms with E-state index in [4.69, 9.17) is 5.73 Å². The number of carbonyl (C=O) groups is 4. The normalized spacial score (nSPS) is 19.3. The van der Waals surface area contributed by atoms with Gasteiger partial charge in [-0.1, -0.05) is 24.3 Å². The molecular formula is C19H22N4O4. The highest BCUT2D eigenvalue weighted by molar-refractivity contribution is 6.24. The van der Waals surface area contributed by atoms with Crippen LogP contribution in [0, 0.1) is 0 Å². The molecule has 2 aliphatic heterocycles. The molecule has 4 amide bonds. The quantitative estimate of drug-likeness (QED) is 0.355. The van der Waals surface area contributed by atoms with Crippen molar-refractivity contribution in [1.82, 2.24) is 15.5 Å². The molecule has 0 aromatic heterocycles. The zero-order valence-corrected chi connectivity index (χ0v) is 14.9. The number of rotatable bonds is 7. The largest absolute Gasteiger partial charge is 0.327 e. The Hall–Kier alpha value is -2.84. The lowest BCUT2D eigenvalue weighted by Crippen LogP contribution is -2.54. The maximum atomic E-state index is 12.9. The molecule has 0 spiro atoms. The zero-order valence-electron chi connectivity index (χ0n) is 14.9. The van der Waals surface area contributed by atoms with Gasteiger partial charge in [0.15, 0.2) is 0 Å². The SMILES string of the molecule is C=C(CN)CCNCc1cccc2c1C(=O)N(C1CCC(=O)NC1=O)C2=O. The Bertz CT molecular complexity index is 833. The highest BCUT2D eigenvalue weighted by Gasteiger charge is 2.45. The first kappa shape index (κ1) is 18.9. The van der Waals surface area contributed by atoms with E-state index in [1.807, 2.05) is 0 Å². The van der Waals surface area contributed by atoms with Crippen LogP contribution in [0.5, 0.6) is 0 Å². The van der Waals surface area contributed by atoms with E-state index in [0.29, 0.717) is 30.8 Å². The van der Waals surface area contributed by atoms with Crippen molar-refractivity contribution in [2.75, 3.05) is 13.1 Å². The average molecular weight is 370 g/mol. The first-order valence-electron chi connectivity index (χ1n) is 8.85. The minimum Gasteiger partial charge on any atom is -0.327 e. The molecule has 0 radical (unpaired) electrons. The van der Waals surface area contributed by atoms with Crippen molar-refractivity contribution in [2.45, 2.75) is 31.8 Å². The van der Waals surface area contributed by atoms with Crippen LogP contribution in [0.4, 0.5) is 0 Å². The Kier molecular flexibility index (Phi) is 5.48. The number of piperidine rings is 1. The first-order chi connectivity index (χ1) is 12.9. The molecule has 27 heavy (non-hydrogen) atoms. The van der Waals surface area contributed by atoms with E-state index in [1.54, 1.807) is 18.2 Å². The van der Waals surface area contributed by atoms with Crippen LogP contribution in [0.15, 0.2) is 30.4 Å². The maximum absolute atomic E-state index is 12.9. The predicted molar refractivity (Wildman–Crippen MR) is 97.6 cm³/mol. The van der Waals surface area contributed by atoms with Gasteiger partial charge < -0.3 is 11.1 Å². The van der Waals surface area contributed by atoms with Gasteiger partial charge in [0.25, 0.3) is 11.8 Å². The third kappa shape index (κ3) is 3.67. The van der Waals surface area contributed by atoms with Crippen molar-refractivity contribution in [3.63, 3.8) is 0 Å². The van der Waals surface area contributed by atoms with Crippen molar-refractivity contribution >= 4 is 23.6 Å². The summed E-state index contributed by atoms with van der Waals surface area (Å²) in [5, 5.41) is 5.41. The molecule has 4 N–H and O–H groups in total. The summed E-state index contributed by atoms with van der Waals surface area (Å²) in [6.07, 6.45) is 0.967. The summed E-state index contributed by atoms with van der Waals surface area (Å²) in [4.78, 5) is 50.1. The minimum atomic E-state index is -0.955. The van der Waals surface area contributed by atoms with Crippen LogP contribution in [0.2, 0.25) is 0 Å². The second-order valence-corrected chi connectivity index (χ2v) is 6.67. The van der Waals surface area contributed by atoms with Gasteiger partial charge >= 0.3 is 0 Å². The van der Waals surface area contributed by atoms with Gasteiger partial charge in [-0.05, 0) is 31.0 Å². The van der Waals surface area contributed by atoms with Crippen LogP contribution in [-0.4, -0.2) is 47.7 Å². The molecule has 0 saturated carbocycles. The van der Waals surface area contributed by atoms with E-state index in [1.165, 1.54) is 0 Å². The number of nitrogens with zero attached hydrogens (tertiary/aromatic N) is 1. The van der Waals surface area contributed by atoms with E-state index in [9.17, 15) is 19.2 Å². The zero-order chi connectivity index (χ0) is 19.6. The van der Waals surface area contributed by atoms with Gasteiger partial charge in [0.2, 0.25) is 11.8 Å². The molecule has 0 aliphatic carbocycles. The van der Waals surface area contributed by atoms with E-state index in [0.717, 1.165) is 16.9 Å². The average Bonchev–Trinajstić information content (AvgIpc) is 2.90. The molecule has 1 unspecified atom stereocenters. The van der Waals surface area contributed by atoms with Crippen LogP contribution in [0.3, 0.4) is 0 Å². The van der Waals surface area contributed by atoms with E-state index >= 15 is 0 Å². The Balaban J connectivity index is 1.77. The number of carbonyl (C=O) groups excluding carboxylic acids is 4. The van der Waals surface area contributed by atoms with E-state index in [2.05, 4.69) is 17.2 Å². The number of hydrogen-bond donors (Lipinski definition) is 3. The van der Waals surface area contributed by atoms with Crippen LogP contribution < -0.4 is 16.4 Å². The standard InChI is InChI=1S/C19H22N4O4/c1-11(9-20)7-8-21-10-12-3-2-4-13-16(12)19(27)23(18(13)26)14-5-6-15(24)22-17(14)25/h2-4,14,21H,1,5-10,20H2,(H,22,24,25). The highest BCUT2D eigenvalue weighted by Crippen LogP contribution is 2.29. The molecule has 3 rings (SSSR count). The van der Waals surface area contributed by atoms with Gasteiger partial charge in [0.05, 0.1) is 11.1 Å². The highest BCUT2D eigenvalue weighted by atomic mass is 16.2. The lowest BCUT2D eigenvalue weighted by molar-refractivity contribution is -0.136. The van der Waals surface area contributed by atoms with Crippen LogP contribution in [-0.2, 0) is 16.1 Å². The van der Waals surface area contributed by atoms with Crippen molar-refractivity contribution in [2.24, 2.45) is 5.73 Å². The molecule has 8 nitrogen and oxygen atoms in total. The first-order valence-corrected chi connectivity index (χ1v) is 8.85. The predicted octanol–water partition coefficient (Wildman–Crippen LogP) is 0.0824. The smallest absolute Gasteiger partial charge is 0.262 e. The Morgan fingerprint density at radius 1 is 1.26 bits per heavy atom. The molecule has 1 atom stereocenters. The molecule has 0 bridgehead atoms. The number of hydrogen-bond acceptors (Lipinski definition) is 6. The van der Waals surface area contributed by atoms with Gasteiger partial charge in [-0.3, -0.25) is 29.4 Å². The third-order valence-corrected chi connectivity index (χ3v) is 4.81. The second kappa shape index (κ2) is 7.81. The lowest BCUT2D eigenvalue weighted by atomic mass is 10.0. The number of amides is 4. The summed E-state index contributed by atoms with van der Waals surface area (Å²) in [5.41, 5.74) is 7.73. The van der Waals surface area contributed by atoms with Gasteiger partial charge in [0, 0.05) is 19.5 Å². The number of nitrogens with two attached hydrogens (primary N) is 1. The van der Waals surface area contributed by atoms with Gasteiger partial charge in [-0.25, -0.2) is 0 Å². The maximum Gasteiger partial charge on any atom is 0.262 e. The summed E-state index contributed by atoms with van der Waals surface area (Å²) in [6.45, 7) is 5.32. The Labute approximate surface area is 156 Å². The van der Waals surface area contributed by atoms with Gasteiger partial charge in [-0.2, -0.15) is 0 Å². The molecular weight excluding hydrogens is 348 g/mol. The number of fused-ring (bicyclic) bond motifs is 1. The summed E-state index contributed by atoms with van der Waals surface area (Å²) in [7, 11) is 0. The fourth-order valence-corrected chi connectivity index (χ4v) is 3.32. The van der Waals surface area contributed by atoms with Crippen LogP contribution >= 0.6 is 0 Å². The third-order valence-electron chi connectivity index (χ3n) is 4.81. The molecule has 8 heteroatoms. The summed E-state index contributed by atoms with van der Waals surface area (Å²) >= 11 is 0. The molecule has 2 aliphatic rings. The number of benzene rings is 1. The summed E-state index contributed by atoms with van der Waals surface area (Å²) in [6, 6.07) is 4.13. The van der Waals surface area contributed by atoms with Crippen molar-refractivity contribution in [3.8, 4) is 0 Å². The molecule has 142 valence electrons. The van der Waals surface area contributed by atoms with Gasteiger partial charge in [-0.15, -0.1) is 0 Å². The Morgan fingerprint density at radius 2 is 2.04 bits per heavy atom. The lowest BCUT2D eigenvalue weighted by Gasteiger charge is -2.27. The monoisotopic (exact) mass is 370 g/mol. The van der Waals surface area contributed by atoms with Crippen LogP contribution in [0.25, 0.3) is 0 Å². The fourth-order valence-electron chi connectivity index (χ4n) is 3.32. The van der Waals surface area contributed by atoms with Crippen molar-refractivity contribution in [3.05, 3.63) is 47.0 Å². The molecule has 2 heterocycles. The summed E-state index contributed by atoms with van der Waals surface area (Å²) < 4.78 is 0. The fraction of sp³-hybridized carbons (Fsp3) is 0.368. The molecule has 1 aromatic rings. The van der Waals surface area contributed by atoms with E-state index < -0.39 is 29.7 Å². The van der Waals surface area contributed by atoms with Crippen LogP contribution in [0.1, 0.15) is 45.5 Å². The van der Waals surface area contributed by atoms with Crippen molar-refractivity contribution < 1.29 is 19.2 Å². The molecule has 1 aromatic carbocycles. The molecule has 1 fully saturated rings. The minimum absolute atomic E-state index is 0.100. The molecule has 1 saturated heterocycles. The Morgan fingerprint density at radius 3 is 2.74 bits per heavy atom. The summed E-state index contributed by atoms with van der Waals surface area (Å²) in [5.74, 6) is -1.99. The van der Waals surface area contributed by atoms with Gasteiger partial charge in [0.1, 0.15) is 6.04 Å². The second-order valence-electron chi connectivity index (χ2n) is 6.67. The number of nitrogens with one attached hydrogen (secondary N) is 2. The topological polar surface area (TPSA) is 122 Å². The number of imide groups is 2.